The standard InChI is InChI=1S/C19H19N4O3PS/c24-16-12-3-8-28-19(12)23(10-27)18(25)15(16)17-20-13-2-1-11(9-14(13)21-17)22-4-6-26-7-5-22/h1-3,8-9,24H,4-7,10,27H2,(H,20,21). The van der Waals surface area contributed by atoms with Crippen LogP contribution in [0.3, 0.4) is 0 Å². The van der Waals surface area contributed by atoms with Gasteiger partial charge in [-0.3, -0.25) is 9.36 Å². The molecule has 1 aliphatic heterocycles. The van der Waals surface area contributed by atoms with E-state index >= 15 is 0 Å². The highest BCUT2D eigenvalue weighted by Crippen LogP contribution is 2.35. The maximum absolute atomic E-state index is 13.0. The second kappa shape index (κ2) is 6.88. The number of morpholine rings is 1. The van der Waals surface area contributed by atoms with Crippen LogP contribution in [-0.2, 0) is 11.0 Å². The van der Waals surface area contributed by atoms with Crippen LogP contribution in [0.4, 0.5) is 5.69 Å². The third kappa shape index (κ3) is 2.71. The van der Waals surface area contributed by atoms with E-state index in [4.69, 9.17) is 4.74 Å². The van der Waals surface area contributed by atoms with Gasteiger partial charge in [-0.05, 0) is 29.6 Å². The van der Waals surface area contributed by atoms with Crippen LogP contribution in [-0.4, -0.2) is 45.9 Å². The number of aromatic amines is 1. The largest absolute Gasteiger partial charge is 0.506 e. The molecule has 9 heteroatoms. The molecule has 28 heavy (non-hydrogen) atoms. The number of pyridine rings is 1. The van der Waals surface area contributed by atoms with E-state index in [0.717, 1.165) is 47.9 Å². The number of hydrogen-bond donors (Lipinski definition) is 2. The first kappa shape index (κ1) is 17.7. The van der Waals surface area contributed by atoms with E-state index in [2.05, 4.69) is 24.1 Å². The molecule has 4 heterocycles. The summed E-state index contributed by atoms with van der Waals surface area (Å²) >= 11 is 1.44. The summed E-state index contributed by atoms with van der Waals surface area (Å²) in [5, 5.41) is 13.3. The maximum Gasteiger partial charge on any atom is 0.266 e. The van der Waals surface area contributed by atoms with Gasteiger partial charge in [0.1, 0.15) is 22.0 Å². The Bertz CT molecular complexity index is 1240. The minimum Gasteiger partial charge on any atom is -0.506 e. The molecule has 5 rings (SSSR count). The molecule has 1 aliphatic rings. The summed E-state index contributed by atoms with van der Waals surface area (Å²) in [6, 6.07) is 7.83. The van der Waals surface area contributed by atoms with Crippen molar-refractivity contribution in [3.63, 3.8) is 0 Å². The van der Waals surface area contributed by atoms with E-state index in [9.17, 15) is 9.90 Å². The number of imidazole rings is 1. The molecular weight excluding hydrogens is 395 g/mol. The summed E-state index contributed by atoms with van der Waals surface area (Å²) in [4.78, 5) is 23.9. The van der Waals surface area contributed by atoms with Gasteiger partial charge in [0.15, 0.2) is 0 Å². The van der Waals surface area contributed by atoms with Crippen molar-refractivity contribution in [2.45, 2.75) is 6.29 Å². The average Bonchev–Trinajstić information content (AvgIpc) is 3.35. The van der Waals surface area contributed by atoms with Gasteiger partial charge in [0.2, 0.25) is 0 Å². The number of benzene rings is 1. The lowest BCUT2D eigenvalue weighted by Crippen LogP contribution is -2.36. The molecule has 0 bridgehead atoms. The zero-order valence-corrected chi connectivity index (χ0v) is 17.0. The first-order valence-electron chi connectivity index (χ1n) is 9.03. The number of hydrogen-bond acceptors (Lipinski definition) is 6. The van der Waals surface area contributed by atoms with Gasteiger partial charge in [-0.15, -0.1) is 20.6 Å². The fourth-order valence-electron chi connectivity index (χ4n) is 3.67. The number of nitrogens with zero attached hydrogens (tertiary/aromatic N) is 3. The molecule has 1 aromatic carbocycles. The molecule has 7 nitrogen and oxygen atoms in total. The SMILES string of the molecule is O=c1c(-c2nc3ccc(N4CCOCC4)cc3[nH]2)c(O)c2ccsc2n1CP. The molecule has 1 unspecified atom stereocenters. The molecular formula is C19H19N4O3PS. The molecule has 0 aliphatic carbocycles. The monoisotopic (exact) mass is 414 g/mol. The number of H-pyrrole nitrogens is 1. The van der Waals surface area contributed by atoms with Gasteiger partial charge in [-0.2, -0.15) is 0 Å². The topological polar surface area (TPSA) is 83.4 Å². The number of thiophene rings is 1. The van der Waals surface area contributed by atoms with Crippen molar-refractivity contribution in [1.82, 2.24) is 14.5 Å². The van der Waals surface area contributed by atoms with Gasteiger partial charge in [-0.1, -0.05) is 0 Å². The van der Waals surface area contributed by atoms with Crippen LogP contribution in [0, 0.1) is 0 Å². The molecule has 0 saturated carbocycles. The van der Waals surface area contributed by atoms with Crippen LogP contribution in [0.25, 0.3) is 32.6 Å². The average molecular weight is 414 g/mol. The zero-order chi connectivity index (χ0) is 19.3. The van der Waals surface area contributed by atoms with Gasteiger partial charge < -0.3 is 19.7 Å². The molecule has 3 aromatic heterocycles. The van der Waals surface area contributed by atoms with Crippen LogP contribution < -0.4 is 10.5 Å². The number of nitrogens with one attached hydrogen (secondary N) is 1. The summed E-state index contributed by atoms with van der Waals surface area (Å²) in [6.07, 6.45) is 0.449. The number of rotatable bonds is 3. The lowest BCUT2D eigenvalue weighted by Gasteiger charge is -2.28. The second-order valence-corrected chi connectivity index (χ2v) is 7.92. The highest BCUT2D eigenvalue weighted by Gasteiger charge is 2.21. The summed E-state index contributed by atoms with van der Waals surface area (Å²) in [5.74, 6) is 0.361. The highest BCUT2D eigenvalue weighted by atomic mass is 32.1. The van der Waals surface area contributed by atoms with Crippen molar-refractivity contribution >= 4 is 47.5 Å². The van der Waals surface area contributed by atoms with Crippen molar-refractivity contribution in [3.05, 3.63) is 40.0 Å². The van der Waals surface area contributed by atoms with Crippen molar-refractivity contribution in [2.24, 2.45) is 0 Å². The molecule has 4 aromatic rings. The lowest BCUT2D eigenvalue weighted by molar-refractivity contribution is 0.122. The van der Waals surface area contributed by atoms with Crippen molar-refractivity contribution in [1.29, 1.82) is 0 Å². The summed E-state index contributed by atoms with van der Waals surface area (Å²) < 4.78 is 7.06. The fraction of sp³-hybridized carbons (Fsp3) is 0.263. The van der Waals surface area contributed by atoms with Gasteiger partial charge in [0, 0.05) is 25.1 Å². The summed E-state index contributed by atoms with van der Waals surface area (Å²) in [5.41, 5.74) is 2.63. The Labute approximate surface area is 166 Å². The minimum atomic E-state index is -0.255. The third-order valence-corrected chi connectivity index (χ3v) is 6.40. The number of aromatic hydroxyl groups is 1. The maximum atomic E-state index is 13.0. The van der Waals surface area contributed by atoms with E-state index in [1.54, 1.807) is 4.57 Å². The molecule has 0 spiro atoms. The van der Waals surface area contributed by atoms with E-state index in [1.807, 2.05) is 29.6 Å². The number of aromatic nitrogens is 3. The van der Waals surface area contributed by atoms with Gasteiger partial charge >= 0.3 is 0 Å². The highest BCUT2D eigenvalue weighted by molar-refractivity contribution is 7.17. The molecule has 1 atom stereocenters. The molecule has 0 radical (unpaired) electrons. The normalized spacial score (nSPS) is 15.0. The Hall–Kier alpha value is -2.41. The summed E-state index contributed by atoms with van der Waals surface area (Å²) in [7, 11) is 2.57. The Balaban J connectivity index is 1.66. The smallest absolute Gasteiger partial charge is 0.266 e. The molecule has 1 fully saturated rings. The lowest BCUT2D eigenvalue weighted by atomic mass is 10.2. The Morgan fingerprint density at radius 1 is 1.29 bits per heavy atom. The van der Waals surface area contributed by atoms with Crippen molar-refractivity contribution in [3.8, 4) is 17.1 Å². The number of ether oxygens (including phenoxy) is 1. The van der Waals surface area contributed by atoms with Crippen LogP contribution in [0.2, 0.25) is 0 Å². The Morgan fingerprint density at radius 2 is 2.11 bits per heavy atom. The van der Waals surface area contributed by atoms with E-state index < -0.39 is 0 Å². The Kier molecular flexibility index (Phi) is 4.34. The van der Waals surface area contributed by atoms with Crippen LogP contribution in [0.1, 0.15) is 0 Å². The number of anilines is 1. The third-order valence-electron chi connectivity index (χ3n) is 5.10. The van der Waals surface area contributed by atoms with E-state index in [-0.39, 0.29) is 16.9 Å². The molecule has 144 valence electrons. The molecule has 0 amide bonds. The Morgan fingerprint density at radius 3 is 2.89 bits per heavy atom. The van der Waals surface area contributed by atoms with Crippen LogP contribution in [0.15, 0.2) is 34.4 Å². The van der Waals surface area contributed by atoms with Gasteiger partial charge in [-0.25, -0.2) is 4.98 Å². The van der Waals surface area contributed by atoms with Gasteiger partial charge in [0.05, 0.1) is 29.6 Å². The first-order valence-corrected chi connectivity index (χ1v) is 10.7. The van der Waals surface area contributed by atoms with Crippen molar-refractivity contribution in [2.75, 3.05) is 31.2 Å². The predicted molar refractivity (Wildman–Crippen MR) is 116 cm³/mol. The van der Waals surface area contributed by atoms with Gasteiger partial charge in [0.25, 0.3) is 5.56 Å². The minimum absolute atomic E-state index is 0.0246. The second-order valence-electron chi connectivity index (χ2n) is 6.67. The molecule has 1 saturated heterocycles. The fourth-order valence-corrected chi connectivity index (χ4v) is 5.06. The van der Waals surface area contributed by atoms with E-state index in [1.165, 1.54) is 11.3 Å². The van der Waals surface area contributed by atoms with Crippen LogP contribution >= 0.6 is 20.6 Å². The zero-order valence-electron chi connectivity index (χ0n) is 15.0. The predicted octanol–water partition coefficient (Wildman–Crippen LogP) is 2.98. The van der Waals surface area contributed by atoms with Crippen LogP contribution in [0.5, 0.6) is 5.75 Å². The van der Waals surface area contributed by atoms with E-state index in [0.29, 0.717) is 17.5 Å². The van der Waals surface area contributed by atoms with Crippen molar-refractivity contribution < 1.29 is 9.84 Å². The molecule has 2 N–H and O–H groups in total. The summed E-state index contributed by atoms with van der Waals surface area (Å²) in [6.45, 7) is 3.13. The quantitative estimate of drug-likeness (QED) is 0.504. The number of fused-ring (bicyclic) bond motifs is 2. The first-order chi connectivity index (χ1) is 13.7.